The van der Waals surface area contributed by atoms with E-state index in [-0.39, 0.29) is 18.1 Å². The van der Waals surface area contributed by atoms with Crippen molar-refractivity contribution in [3.63, 3.8) is 0 Å². The molecule has 0 radical (unpaired) electrons. The van der Waals surface area contributed by atoms with Crippen LogP contribution in [0.5, 0.6) is 0 Å². The normalized spacial score (nSPS) is 13.4. The van der Waals surface area contributed by atoms with E-state index < -0.39 is 0 Å². The summed E-state index contributed by atoms with van der Waals surface area (Å²) in [7, 11) is 1.59. The lowest BCUT2D eigenvalue weighted by atomic mass is 10.0. The first kappa shape index (κ1) is 18.5. The summed E-state index contributed by atoms with van der Waals surface area (Å²) in [5.74, 6) is -0.144. The van der Waals surface area contributed by atoms with Crippen LogP contribution in [-0.4, -0.2) is 19.1 Å². The van der Waals surface area contributed by atoms with E-state index in [0.717, 1.165) is 9.13 Å². The van der Waals surface area contributed by atoms with Crippen LogP contribution in [0.4, 0.5) is 0 Å². The number of hydrogen-bond acceptors (Lipinski definition) is 2. The summed E-state index contributed by atoms with van der Waals surface area (Å²) in [4.78, 5) is 12.4. The van der Waals surface area contributed by atoms with Crippen molar-refractivity contribution in [2.75, 3.05) is 7.11 Å². The lowest BCUT2D eigenvalue weighted by molar-refractivity contribution is 0.0645. The molecule has 2 aromatic carbocycles. The molecule has 2 aromatic rings. The highest BCUT2D eigenvalue weighted by Crippen LogP contribution is 2.30. The molecule has 3 nitrogen and oxygen atoms in total. The molecule has 0 bridgehead atoms. The largest absolute Gasteiger partial charge is 0.375 e. The number of benzene rings is 2. The van der Waals surface area contributed by atoms with Gasteiger partial charge in [0.15, 0.2) is 0 Å². The fraction of sp³-hybridized carbons (Fsp3) is 0.235. The zero-order chi connectivity index (χ0) is 17.0. The zero-order valence-corrected chi connectivity index (χ0v) is 16.3. The number of halogens is 3. The molecule has 6 heteroatoms. The molecular formula is C17H16Cl2INO2. The number of methoxy groups -OCH3 is 1. The lowest BCUT2D eigenvalue weighted by Crippen LogP contribution is -2.38. The Bertz CT molecular complexity index is 709. The number of nitrogens with one attached hydrogen (secondary N) is 1. The first-order chi connectivity index (χ1) is 10.9. The first-order valence-electron chi connectivity index (χ1n) is 6.97. The third-order valence-electron chi connectivity index (χ3n) is 3.45. The number of amides is 1. The number of carbonyl (C=O) groups excluding carboxylic acids is 1. The number of hydrogen-bond donors (Lipinski definition) is 1. The molecule has 0 spiro atoms. The Kier molecular flexibility index (Phi) is 6.71. The third-order valence-corrected chi connectivity index (χ3v) is 4.96. The molecule has 0 fully saturated rings. The van der Waals surface area contributed by atoms with Gasteiger partial charge in [0.05, 0.1) is 11.6 Å². The Balaban J connectivity index is 2.19. The van der Waals surface area contributed by atoms with Crippen molar-refractivity contribution >= 4 is 51.7 Å². The summed E-state index contributed by atoms with van der Waals surface area (Å²) in [5, 5.41) is 4.04. The lowest BCUT2D eigenvalue weighted by Gasteiger charge is -2.25. The molecule has 0 aliphatic carbocycles. The Hall–Kier alpha value is -0.820. The molecule has 0 aliphatic rings. The average Bonchev–Trinajstić information content (AvgIpc) is 2.50. The van der Waals surface area contributed by atoms with Crippen LogP contribution in [-0.2, 0) is 4.74 Å². The van der Waals surface area contributed by atoms with E-state index in [1.807, 2.05) is 31.2 Å². The second-order valence-electron chi connectivity index (χ2n) is 5.06. The highest BCUT2D eigenvalue weighted by atomic mass is 127. The van der Waals surface area contributed by atoms with Gasteiger partial charge in [0.2, 0.25) is 0 Å². The van der Waals surface area contributed by atoms with Crippen LogP contribution >= 0.6 is 45.8 Å². The van der Waals surface area contributed by atoms with Gasteiger partial charge in [-0.3, -0.25) is 4.79 Å². The van der Waals surface area contributed by atoms with Gasteiger partial charge in [-0.15, -0.1) is 0 Å². The van der Waals surface area contributed by atoms with E-state index in [1.54, 1.807) is 25.3 Å². The average molecular weight is 464 g/mol. The first-order valence-corrected chi connectivity index (χ1v) is 8.80. The molecular weight excluding hydrogens is 448 g/mol. The molecule has 0 aliphatic heterocycles. The number of ether oxygens (including phenoxy) is 1. The number of rotatable bonds is 5. The zero-order valence-electron chi connectivity index (χ0n) is 12.6. The maximum Gasteiger partial charge on any atom is 0.252 e. The minimum Gasteiger partial charge on any atom is -0.375 e. The standard InChI is InChI=1S/C17H16Cl2INO2/c1-10(21-17(22)13-5-3-4-6-15(13)20)16(23-2)12-8-7-11(18)9-14(12)19/h3-10,16H,1-2H3,(H,21,22). The van der Waals surface area contributed by atoms with Gasteiger partial charge < -0.3 is 10.1 Å². The quantitative estimate of drug-likeness (QED) is 0.626. The van der Waals surface area contributed by atoms with E-state index in [1.165, 1.54) is 0 Å². The monoisotopic (exact) mass is 463 g/mol. The Morgan fingerprint density at radius 2 is 1.91 bits per heavy atom. The minimum atomic E-state index is -0.370. The molecule has 1 N–H and O–H groups in total. The summed E-state index contributed by atoms with van der Waals surface area (Å²) >= 11 is 14.3. The van der Waals surface area contributed by atoms with E-state index in [0.29, 0.717) is 15.6 Å². The molecule has 2 atom stereocenters. The Morgan fingerprint density at radius 3 is 2.52 bits per heavy atom. The molecule has 2 unspecified atom stereocenters. The van der Waals surface area contributed by atoms with E-state index in [9.17, 15) is 4.79 Å². The highest BCUT2D eigenvalue weighted by molar-refractivity contribution is 14.1. The molecule has 122 valence electrons. The molecule has 0 saturated heterocycles. The van der Waals surface area contributed by atoms with Crippen molar-refractivity contribution < 1.29 is 9.53 Å². The van der Waals surface area contributed by atoms with Crippen molar-refractivity contribution in [2.24, 2.45) is 0 Å². The minimum absolute atomic E-state index is 0.144. The molecule has 0 saturated carbocycles. The van der Waals surface area contributed by atoms with Gasteiger partial charge in [-0.05, 0) is 53.8 Å². The van der Waals surface area contributed by atoms with Crippen LogP contribution in [0.25, 0.3) is 0 Å². The topological polar surface area (TPSA) is 38.3 Å². The van der Waals surface area contributed by atoms with Crippen LogP contribution in [0, 0.1) is 3.57 Å². The van der Waals surface area contributed by atoms with Crippen molar-refractivity contribution in [1.29, 1.82) is 0 Å². The van der Waals surface area contributed by atoms with Crippen molar-refractivity contribution in [1.82, 2.24) is 5.32 Å². The maximum absolute atomic E-state index is 12.4. The summed E-state index contributed by atoms with van der Waals surface area (Å²) < 4.78 is 6.44. The predicted octanol–water partition coefficient (Wildman–Crippen LogP) is 5.10. The fourth-order valence-electron chi connectivity index (χ4n) is 2.34. The van der Waals surface area contributed by atoms with Crippen molar-refractivity contribution in [2.45, 2.75) is 19.1 Å². The van der Waals surface area contributed by atoms with Gasteiger partial charge in [0.1, 0.15) is 6.10 Å². The molecule has 23 heavy (non-hydrogen) atoms. The summed E-state index contributed by atoms with van der Waals surface area (Å²) in [6, 6.07) is 12.4. The molecule has 0 heterocycles. The Labute approximate surface area is 159 Å². The molecule has 1 amide bonds. The van der Waals surface area contributed by atoms with Gasteiger partial charge >= 0.3 is 0 Å². The summed E-state index contributed by atoms with van der Waals surface area (Å²) in [6.45, 7) is 1.88. The third kappa shape index (κ3) is 4.59. The van der Waals surface area contributed by atoms with Crippen molar-refractivity contribution in [3.05, 3.63) is 67.2 Å². The van der Waals surface area contributed by atoms with Crippen LogP contribution in [0.15, 0.2) is 42.5 Å². The molecule has 0 aromatic heterocycles. The highest BCUT2D eigenvalue weighted by Gasteiger charge is 2.24. The van der Waals surface area contributed by atoms with Crippen LogP contribution in [0.1, 0.15) is 28.9 Å². The van der Waals surface area contributed by atoms with Gasteiger partial charge in [-0.25, -0.2) is 0 Å². The van der Waals surface area contributed by atoms with E-state index in [4.69, 9.17) is 27.9 Å². The second kappa shape index (κ2) is 8.33. The Morgan fingerprint density at radius 1 is 1.22 bits per heavy atom. The fourth-order valence-corrected chi connectivity index (χ4v) is 3.49. The van der Waals surface area contributed by atoms with Gasteiger partial charge in [0, 0.05) is 26.3 Å². The van der Waals surface area contributed by atoms with Gasteiger partial charge in [-0.2, -0.15) is 0 Å². The predicted molar refractivity (Wildman–Crippen MR) is 102 cm³/mol. The summed E-state index contributed by atoms with van der Waals surface area (Å²) in [6.07, 6.45) is -0.370. The maximum atomic E-state index is 12.4. The smallest absolute Gasteiger partial charge is 0.252 e. The van der Waals surface area contributed by atoms with Crippen LogP contribution in [0.2, 0.25) is 10.0 Å². The van der Waals surface area contributed by atoms with E-state index in [2.05, 4.69) is 27.9 Å². The number of carbonyl (C=O) groups is 1. The van der Waals surface area contributed by atoms with Gasteiger partial charge in [-0.1, -0.05) is 41.4 Å². The summed E-state index contributed by atoms with van der Waals surface area (Å²) in [5.41, 5.74) is 1.42. The van der Waals surface area contributed by atoms with E-state index >= 15 is 0 Å². The second-order valence-corrected chi connectivity index (χ2v) is 7.07. The van der Waals surface area contributed by atoms with Crippen LogP contribution < -0.4 is 5.32 Å². The van der Waals surface area contributed by atoms with Crippen LogP contribution in [0.3, 0.4) is 0 Å². The SMILES string of the molecule is COC(c1ccc(Cl)cc1Cl)C(C)NC(=O)c1ccccc1I. The molecule has 2 rings (SSSR count). The van der Waals surface area contributed by atoms with Crippen molar-refractivity contribution in [3.8, 4) is 0 Å². The van der Waals surface area contributed by atoms with Gasteiger partial charge in [0.25, 0.3) is 5.91 Å².